The van der Waals surface area contributed by atoms with Crippen LogP contribution in [0.5, 0.6) is 5.75 Å². The van der Waals surface area contributed by atoms with Gasteiger partial charge in [0.1, 0.15) is 11.5 Å². The van der Waals surface area contributed by atoms with Gasteiger partial charge in [0.25, 0.3) is 0 Å². The van der Waals surface area contributed by atoms with Crippen molar-refractivity contribution < 1.29 is 9.15 Å². The molecule has 102 valence electrons. The standard InChI is InChI=1S/C14H15BrClNO2/c1-8-4-5-19-13(8)12(17-2)10-6-9(16)7-11(15)14(10)18-3/h4-7,12,17H,1-3H3. The molecule has 1 unspecified atom stereocenters. The molecule has 1 heterocycles. The average molecular weight is 345 g/mol. The normalized spacial score (nSPS) is 12.5. The van der Waals surface area contributed by atoms with E-state index in [1.54, 1.807) is 13.4 Å². The van der Waals surface area contributed by atoms with E-state index in [0.717, 1.165) is 27.1 Å². The summed E-state index contributed by atoms with van der Waals surface area (Å²) in [4.78, 5) is 0. The molecule has 1 aromatic heterocycles. The number of benzene rings is 1. The summed E-state index contributed by atoms with van der Waals surface area (Å²) >= 11 is 9.61. The Morgan fingerprint density at radius 1 is 1.42 bits per heavy atom. The minimum atomic E-state index is -0.111. The van der Waals surface area contributed by atoms with E-state index in [1.165, 1.54) is 0 Å². The van der Waals surface area contributed by atoms with E-state index in [9.17, 15) is 0 Å². The second-order valence-corrected chi connectivity index (χ2v) is 5.49. The van der Waals surface area contributed by atoms with Gasteiger partial charge in [-0.15, -0.1) is 0 Å². The van der Waals surface area contributed by atoms with Crippen molar-refractivity contribution in [2.45, 2.75) is 13.0 Å². The molecule has 0 fully saturated rings. The highest BCUT2D eigenvalue weighted by molar-refractivity contribution is 9.10. The molecule has 0 amide bonds. The highest BCUT2D eigenvalue weighted by atomic mass is 79.9. The monoisotopic (exact) mass is 343 g/mol. The van der Waals surface area contributed by atoms with Gasteiger partial charge in [0.2, 0.25) is 0 Å². The van der Waals surface area contributed by atoms with Gasteiger partial charge in [0.15, 0.2) is 0 Å². The third kappa shape index (κ3) is 2.81. The van der Waals surface area contributed by atoms with Crippen LogP contribution in [-0.4, -0.2) is 14.2 Å². The van der Waals surface area contributed by atoms with E-state index in [2.05, 4.69) is 21.2 Å². The number of hydrogen-bond acceptors (Lipinski definition) is 3. The summed E-state index contributed by atoms with van der Waals surface area (Å²) in [5, 5.41) is 3.88. The number of rotatable bonds is 4. The molecule has 19 heavy (non-hydrogen) atoms. The summed E-state index contributed by atoms with van der Waals surface area (Å²) in [7, 11) is 3.51. The molecule has 0 spiro atoms. The van der Waals surface area contributed by atoms with E-state index < -0.39 is 0 Å². The Morgan fingerprint density at radius 3 is 2.68 bits per heavy atom. The van der Waals surface area contributed by atoms with Crippen LogP contribution in [-0.2, 0) is 0 Å². The molecule has 2 rings (SSSR count). The second-order valence-electron chi connectivity index (χ2n) is 4.20. The third-order valence-corrected chi connectivity index (χ3v) is 3.81. The third-order valence-electron chi connectivity index (χ3n) is 3.00. The molecular formula is C14H15BrClNO2. The van der Waals surface area contributed by atoms with Crippen molar-refractivity contribution in [2.24, 2.45) is 0 Å². The lowest BCUT2D eigenvalue weighted by Gasteiger charge is -2.19. The molecule has 0 saturated heterocycles. The molecule has 1 N–H and O–H groups in total. The van der Waals surface area contributed by atoms with Crippen LogP contribution in [0, 0.1) is 6.92 Å². The lowest BCUT2D eigenvalue weighted by Crippen LogP contribution is -2.19. The first kappa shape index (κ1) is 14.4. The van der Waals surface area contributed by atoms with Crippen LogP contribution < -0.4 is 10.1 Å². The number of furan rings is 1. The Kier molecular flexibility index (Phi) is 4.55. The maximum Gasteiger partial charge on any atom is 0.138 e. The SMILES string of the molecule is CNC(c1cc(Cl)cc(Br)c1OC)c1occc1C. The molecule has 1 aromatic carbocycles. The summed E-state index contributed by atoms with van der Waals surface area (Å²) in [6, 6.07) is 5.52. The minimum absolute atomic E-state index is 0.111. The Balaban J connectivity index is 2.58. The maximum absolute atomic E-state index is 6.14. The van der Waals surface area contributed by atoms with Crippen LogP contribution in [0.2, 0.25) is 5.02 Å². The summed E-state index contributed by atoms with van der Waals surface area (Å²) < 4.78 is 11.9. The average Bonchev–Trinajstić information content (AvgIpc) is 2.76. The predicted molar refractivity (Wildman–Crippen MR) is 80.1 cm³/mol. The number of methoxy groups -OCH3 is 1. The van der Waals surface area contributed by atoms with E-state index >= 15 is 0 Å². The van der Waals surface area contributed by atoms with E-state index in [0.29, 0.717) is 5.02 Å². The van der Waals surface area contributed by atoms with Gasteiger partial charge >= 0.3 is 0 Å². The fourth-order valence-corrected chi connectivity index (χ4v) is 3.11. The molecular weight excluding hydrogens is 330 g/mol. The Bertz CT molecular complexity index is 583. The van der Waals surface area contributed by atoms with Crippen LogP contribution in [0.3, 0.4) is 0 Å². The van der Waals surface area contributed by atoms with Gasteiger partial charge in [-0.05, 0) is 53.7 Å². The van der Waals surface area contributed by atoms with Crippen LogP contribution in [0.4, 0.5) is 0 Å². The molecule has 0 radical (unpaired) electrons. The largest absolute Gasteiger partial charge is 0.495 e. The zero-order chi connectivity index (χ0) is 14.0. The number of hydrogen-bond donors (Lipinski definition) is 1. The predicted octanol–water partition coefficient (Wildman–Crippen LogP) is 4.32. The van der Waals surface area contributed by atoms with Crippen LogP contribution in [0.15, 0.2) is 33.4 Å². The molecule has 3 nitrogen and oxygen atoms in total. The van der Waals surface area contributed by atoms with Crippen molar-refractivity contribution in [3.8, 4) is 5.75 Å². The van der Waals surface area contributed by atoms with Gasteiger partial charge in [-0.1, -0.05) is 11.6 Å². The molecule has 0 aliphatic carbocycles. The summed E-state index contributed by atoms with van der Waals surface area (Å²) in [6.45, 7) is 2.01. The van der Waals surface area contributed by atoms with E-state index in [-0.39, 0.29) is 6.04 Å². The molecule has 0 bridgehead atoms. The van der Waals surface area contributed by atoms with Crippen molar-refractivity contribution in [1.82, 2.24) is 5.32 Å². The number of halogens is 2. The van der Waals surface area contributed by atoms with Crippen molar-refractivity contribution in [3.05, 3.63) is 50.8 Å². The fraction of sp³-hybridized carbons (Fsp3) is 0.286. The Morgan fingerprint density at radius 2 is 2.16 bits per heavy atom. The molecule has 2 aromatic rings. The lowest BCUT2D eigenvalue weighted by molar-refractivity contribution is 0.394. The summed E-state index contributed by atoms with van der Waals surface area (Å²) in [6.07, 6.45) is 1.68. The van der Waals surface area contributed by atoms with Gasteiger partial charge < -0.3 is 14.5 Å². The van der Waals surface area contributed by atoms with E-state index in [4.69, 9.17) is 20.8 Å². The molecule has 5 heteroatoms. The second kappa shape index (κ2) is 5.99. The zero-order valence-corrected chi connectivity index (χ0v) is 13.3. The molecule has 0 aliphatic rings. The van der Waals surface area contributed by atoms with Crippen LogP contribution in [0.1, 0.15) is 22.9 Å². The van der Waals surface area contributed by atoms with E-state index in [1.807, 2.05) is 32.2 Å². The van der Waals surface area contributed by atoms with Gasteiger partial charge in [-0.2, -0.15) is 0 Å². The van der Waals surface area contributed by atoms with Crippen LogP contribution in [0.25, 0.3) is 0 Å². The fourth-order valence-electron chi connectivity index (χ4n) is 2.12. The Hall–Kier alpha value is -0.970. The summed E-state index contributed by atoms with van der Waals surface area (Å²) in [5.74, 6) is 1.61. The van der Waals surface area contributed by atoms with Crippen molar-refractivity contribution in [2.75, 3.05) is 14.2 Å². The number of aryl methyl sites for hydroxylation is 1. The quantitative estimate of drug-likeness (QED) is 0.897. The molecule has 0 aliphatic heterocycles. The lowest BCUT2D eigenvalue weighted by atomic mass is 10.0. The van der Waals surface area contributed by atoms with Crippen molar-refractivity contribution >= 4 is 27.5 Å². The minimum Gasteiger partial charge on any atom is -0.495 e. The first-order chi connectivity index (χ1) is 9.08. The van der Waals surface area contributed by atoms with Gasteiger partial charge in [-0.3, -0.25) is 0 Å². The number of nitrogens with one attached hydrogen (secondary N) is 1. The number of ether oxygens (including phenoxy) is 1. The van der Waals surface area contributed by atoms with Gasteiger partial charge in [-0.25, -0.2) is 0 Å². The first-order valence-corrected chi connectivity index (χ1v) is 6.99. The topological polar surface area (TPSA) is 34.4 Å². The maximum atomic E-state index is 6.14. The van der Waals surface area contributed by atoms with Crippen LogP contribution >= 0.6 is 27.5 Å². The first-order valence-electron chi connectivity index (χ1n) is 5.82. The molecule has 0 saturated carbocycles. The summed E-state index contributed by atoms with van der Waals surface area (Å²) in [5.41, 5.74) is 2.01. The van der Waals surface area contributed by atoms with Gasteiger partial charge in [0.05, 0.1) is 23.9 Å². The van der Waals surface area contributed by atoms with Crippen molar-refractivity contribution in [3.63, 3.8) is 0 Å². The van der Waals surface area contributed by atoms with Crippen molar-refractivity contribution in [1.29, 1.82) is 0 Å². The Labute approximate surface area is 126 Å². The van der Waals surface area contributed by atoms with Gasteiger partial charge in [0, 0.05) is 10.6 Å². The molecule has 1 atom stereocenters. The smallest absolute Gasteiger partial charge is 0.138 e. The zero-order valence-electron chi connectivity index (χ0n) is 11.0. The highest BCUT2D eigenvalue weighted by Gasteiger charge is 2.23. The highest BCUT2D eigenvalue weighted by Crippen LogP contribution is 2.38.